The van der Waals surface area contributed by atoms with Crippen molar-refractivity contribution in [3.63, 3.8) is 0 Å². The lowest BCUT2D eigenvalue weighted by Gasteiger charge is -2.13. The van der Waals surface area contributed by atoms with Crippen LogP contribution in [0.25, 0.3) is 10.9 Å². The first-order chi connectivity index (χ1) is 14.6. The van der Waals surface area contributed by atoms with Crippen LogP contribution in [0.4, 0.5) is 0 Å². The second kappa shape index (κ2) is 10.5. The Labute approximate surface area is 181 Å². The van der Waals surface area contributed by atoms with Crippen LogP contribution in [-0.2, 0) is 24.1 Å². The summed E-state index contributed by atoms with van der Waals surface area (Å²) in [6.07, 6.45) is 2.41. The number of fused-ring (bicyclic) bond motifs is 1. The summed E-state index contributed by atoms with van der Waals surface area (Å²) in [6.45, 7) is 5.21. The van der Waals surface area contributed by atoms with Gasteiger partial charge in [0.2, 0.25) is 0 Å². The molecule has 0 saturated carbocycles. The van der Waals surface area contributed by atoms with Crippen molar-refractivity contribution in [2.45, 2.75) is 44.8 Å². The number of rotatable bonds is 10. The Kier molecular flexibility index (Phi) is 7.82. The fraction of sp³-hybridized carbons (Fsp3) is 0.375. The van der Waals surface area contributed by atoms with Crippen molar-refractivity contribution in [1.82, 2.24) is 9.55 Å². The first-order valence-corrected chi connectivity index (χ1v) is 11.3. The molecular formula is C24H28N2O3S. The second-order valence-corrected chi connectivity index (χ2v) is 8.07. The van der Waals surface area contributed by atoms with Gasteiger partial charge in [0.1, 0.15) is 0 Å². The molecule has 6 heteroatoms. The summed E-state index contributed by atoms with van der Waals surface area (Å²) in [6, 6.07) is 13.5. The van der Waals surface area contributed by atoms with Crippen molar-refractivity contribution >= 4 is 28.4 Å². The van der Waals surface area contributed by atoms with Crippen LogP contribution in [0.1, 0.15) is 41.8 Å². The Morgan fingerprint density at radius 1 is 1.13 bits per heavy atom. The molecule has 0 aliphatic rings. The lowest BCUT2D eigenvalue weighted by molar-refractivity contribution is 0.102. The van der Waals surface area contributed by atoms with E-state index in [0.717, 1.165) is 29.5 Å². The summed E-state index contributed by atoms with van der Waals surface area (Å²) in [4.78, 5) is 30.7. The molecule has 0 unspecified atom stereocenters. The molecule has 0 aliphatic carbocycles. The van der Waals surface area contributed by atoms with Crippen LogP contribution >= 0.6 is 11.8 Å². The van der Waals surface area contributed by atoms with Gasteiger partial charge in [-0.25, -0.2) is 4.98 Å². The predicted molar refractivity (Wildman–Crippen MR) is 123 cm³/mol. The smallest absolute Gasteiger partial charge is 0.262 e. The number of ketones is 1. The fourth-order valence-corrected chi connectivity index (χ4v) is 4.35. The van der Waals surface area contributed by atoms with E-state index in [9.17, 15) is 9.59 Å². The minimum absolute atomic E-state index is 0.0676. The van der Waals surface area contributed by atoms with E-state index in [1.807, 2.05) is 30.3 Å². The third-order valence-electron chi connectivity index (χ3n) is 5.15. The summed E-state index contributed by atoms with van der Waals surface area (Å²) < 4.78 is 6.81. The van der Waals surface area contributed by atoms with Crippen molar-refractivity contribution in [2.75, 3.05) is 19.5 Å². The van der Waals surface area contributed by atoms with E-state index in [-0.39, 0.29) is 17.1 Å². The highest BCUT2D eigenvalue weighted by molar-refractivity contribution is 7.99. The van der Waals surface area contributed by atoms with Crippen molar-refractivity contribution in [1.29, 1.82) is 0 Å². The average molecular weight is 425 g/mol. The number of nitrogens with zero attached hydrogens (tertiary/aromatic N) is 2. The van der Waals surface area contributed by atoms with Crippen LogP contribution in [0, 0.1) is 0 Å². The van der Waals surface area contributed by atoms with Gasteiger partial charge < -0.3 is 4.74 Å². The molecule has 0 radical (unpaired) electrons. The maximum absolute atomic E-state index is 13.0. The molecule has 0 amide bonds. The molecule has 2 aromatic carbocycles. The minimum atomic E-state index is -0.0751. The SMILES string of the molecule is CCc1ccc(CC)c(C(=O)CSc2nc3ccccc3c(=O)n2CCCOC)c1. The summed E-state index contributed by atoms with van der Waals surface area (Å²) in [5.41, 5.74) is 3.57. The lowest BCUT2D eigenvalue weighted by atomic mass is 9.98. The number of carbonyl (C=O) groups excluding carboxylic acids is 1. The number of methoxy groups -OCH3 is 1. The first kappa shape index (κ1) is 22.2. The summed E-state index contributed by atoms with van der Waals surface area (Å²) >= 11 is 1.33. The van der Waals surface area contributed by atoms with Crippen LogP contribution in [0.5, 0.6) is 0 Å². The van der Waals surface area contributed by atoms with Crippen molar-refractivity contribution in [3.8, 4) is 0 Å². The second-order valence-electron chi connectivity index (χ2n) is 7.13. The summed E-state index contributed by atoms with van der Waals surface area (Å²) in [7, 11) is 1.64. The molecule has 0 aliphatic heterocycles. The molecule has 0 bridgehead atoms. The third-order valence-corrected chi connectivity index (χ3v) is 6.13. The van der Waals surface area contributed by atoms with E-state index in [4.69, 9.17) is 4.74 Å². The highest BCUT2D eigenvalue weighted by Gasteiger charge is 2.16. The van der Waals surface area contributed by atoms with Crippen LogP contribution in [0.15, 0.2) is 52.4 Å². The number of ether oxygens (including phenoxy) is 1. The maximum atomic E-state index is 13.0. The molecule has 0 fully saturated rings. The number of benzene rings is 2. The van der Waals surface area contributed by atoms with Crippen LogP contribution < -0.4 is 5.56 Å². The highest BCUT2D eigenvalue weighted by Crippen LogP contribution is 2.22. The van der Waals surface area contributed by atoms with Gasteiger partial charge in [-0.05, 0) is 48.6 Å². The molecule has 30 heavy (non-hydrogen) atoms. The largest absolute Gasteiger partial charge is 0.385 e. The molecule has 158 valence electrons. The van der Waals surface area contributed by atoms with Crippen LogP contribution in [-0.4, -0.2) is 34.8 Å². The van der Waals surface area contributed by atoms with Crippen LogP contribution in [0.2, 0.25) is 0 Å². The Balaban J connectivity index is 1.90. The Bertz CT molecular complexity index is 1090. The zero-order valence-corrected chi connectivity index (χ0v) is 18.6. The zero-order chi connectivity index (χ0) is 21.5. The van der Waals surface area contributed by atoms with Gasteiger partial charge in [-0.15, -0.1) is 0 Å². The normalized spacial score (nSPS) is 11.2. The number of Topliss-reactive ketones (excluding diaryl/α,β-unsaturated/α-hetero) is 1. The minimum Gasteiger partial charge on any atom is -0.385 e. The predicted octanol–water partition coefficient (Wildman–Crippen LogP) is 4.53. The Hall–Kier alpha value is -2.44. The summed E-state index contributed by atoms with van der Waals surface area (Å²) in [5.74, 6) is 0.313. The number of thioether (sulfide) groups is 1. The van der Waals surface area contributed by atoms with Gasteiger partial charge >= 0.3 is 0 Å². The lowest BCUT2D eigenvalue weighted by Crippen LogP contribution is -2.24. The molecule has 0 atom stereocenters. The molecule has 3 aromatic rings. The molecule has 1 aromatic heterocycles. The summed E-state index contributed by atoms with van der Waals surface area (Å²) in [5, 5.41) is 1.17. The number of hydrogen-bond donors (Lipinski definition) is 0. The number of aryl methyl sites for hydroxylation is 2. The van der Waals surface area contributed by atoms with Gasteiger partial charge in [0.25, 0.3) is 5.56 Å². The molecule has 5 nitrogen and oxygen atoms in total. The zero-order valence-electron chi connectivity index (χ0n) is 17.8. The Morgan fingerprint density at radius 3 is 2.67 bits per heavy atom. The van der Waals surface area contributed by atoms with Gasteiger partial charge in [-0.2, -0.15) is 0 Å². The van der Waals surface area contributed by atoms with Gasteiger partial charge in [0.05, 0.1) is 16.7 Å². The fourth-order valence-electron chi connectivity index (χ4n) is 3.44. The van der Waals surface area contributed by atoms with Gasteiger partial charge in [-0.3, -0.25) is 14.2 Å². The maximum Gasteiger partial charge on any atom is 0.262 e. The first-order valence-electron chi connectivity index (χ1n) is 10.3. The van der Waals surface area contributed by atoms with Gasteiger partial charge in [0.15, 0.2) is 10.9 Å². The molecular weight excluding hydrogens is 396 g/mol. The molecule has 0 saturated heterocycles. The van der Waals surface area contributed by atoms with Crippen molar-refractivity contribution < 1.29 is 9.53 Å². The van der Waals surface area contributed by atoms with E-state index >= 15 is 0 Å². The highest BCUT2D eigenvalue weighted by atomic mass is 32.2. The van der Waals surface area contributed by atoms with Crippen molar-refractivity contribution in [2.24, 2.45) is 0 Å². The standard InChI is InChI=1S/C24H28N2O3S/c1-4-17-11-12-18(5-2)20(15-17)22(27)16-30-24-25-21-10-7-6-9-19(21)23(28)26(24)13-8-14-29-3/h6-7,9-12,15H,4-5,8,13-14,16H2,1-3H3. The average Bonchev–Trinajstić information content (AvgIpc) is 2.78. The quantitative estimate of drug-likeness (QED) is 0.207. The van der Waals surface area contributed by atoms with E-state index in [2.05, 4.69) is 24.9 Å². The number of aromatic nitrogens is 2. The van der Waals surface area contributed by atoms with E-state index in [1.54, 1.807) is 17.7 Å². The molecule has 0 N–H and O–H groups in total. The van der Waals surface area contributed by atoms with E-state index in [0.29, 0.717) is 35.6 Å². The van der Waals surface area contributed by atoms with Crippen molar-refractivity contribution in [3.05, 3.63) is 69.5 Å². The number of carbonyl (C=O) groups is 1. The van der Waals surface area contributed by atoms with Crippen LogP contribution in [0.3, 0.4) is 0 Å². The monoisotopic (exact) mass is 424 g/mol. The topological polar surface area (TPSA) is 61.2 Å². The third kappa shape index (κ3) is 4.99. The van der Waals surface area contributed by atoms with E-state index < -0.39 is 0 Å². The molecule has 1 heterocycles. The van der Waals surface area contributed by atoms with E-state index in [1.165, 1.54) is 11.8 Å². The van der Waals surface area contributed by atoms with Gasteiger partial charge in [-0.1, -0.05) is 49.9 Å². The number of para-hydroxylation sites is 1. The molecule has 3 rings (SSSR count). The molecule has 0 spiro atoms. The Morgan fingerprint density at radius 2 is 1.93 bits per heavy atom. The van der Waals surface area contributed by atoms with Gasteiger partial charge in [0, 0.05) is 25.8 Å². The number of hydrogen-bond acceptors (Lipinski definition) is 5.